The standard InChI is InChI=1S/C24H37N3O2S/c1-26(2)20-13-10-16-27(17-20)24(29)21-14-8-9-15-22(21)30-18-23(28)25-19-11-6-4-3-5-7-12-19/h8-9,14-15,19-20H,3-7,10-13,16-18H2,1-2H3,(H,25,28). The van der Waals surface area contributed by atoms with Gasteiger partial charge in [0.15, 0.2) is 0 Å². The third-order valence-electron chi connectivity index (χ3n) is 6.36. The molecule has 1 aliphatic heterocycles. The van der Waals surface area contributed by atoms with E-state index >= 15 is 0 Å². The van der Waals surface area contributed by atoms with Crippen LogP contribution in [0.25, 0.3) is 0 Å². The first kappa shape index (κ1) is 23.1. The molecule has 1 aliphatic carbocycles. The van der Waals surface area contributed by atoms with E-state index in [1.54, 1.807) is 0 Å². The molecule has 166 valence electrons. The summed E-state index contributed by atoms with van der Waals surface area (Å²) in [7, 11) is 4.16. The fraction of sp³-hybridized carbons (Fsp3) is 0.667. The summed E-state index contributed by atoms with van der Waals surface area (Å²) < 4.78 is 0. The first-order valence-corrected chi connectivity index (χ1v) is 12.5. The third kappa shape index (κ3) is 6.74. The molecule has 5 nitrogen and oxygen atoms in total. The minimum Gasteiger partial charge on any atom is -0.353 e. The minimum atomic E-state index is 0.0819. The molecule has 2 fully saturated rings. The Balaban J connectivity index is 1.56. The van der Waals surface area contributed by atoms with Gasteiger partial charge in [-0.25, -0.2) is 0 Å². The second-order valence-electron chi connectivity index (χ2n) is 8.91. The normalized spacial score (nSPS) is 21.2. The maximum Gasteiger partial charge on any atom is 0.255 e. The summed E-state index contributed by atoms with van der Waals surface area (Å²) in [4.78, 5) is 30.9. The van der Waals surface area contributed by atoms with Crippen LogP contribution in [0.2, 0.25) is 0 Å². The van der Waals surface area contributed by atoms with Crippen LogP contribution in [0.15, 0.2) is 29.2 Å². The molecule has 6 heteroatoms. The van der Waals surface area contributed by atoms with E-state index in [4.69, 9.17) is 0 Å². The van der Waals surface area contributed by atoms with Gasteiger partial charge in [0, 0.05) is 30.1 Å². The van der Waals surface area contributed by atoms with Crippen molar-refractivity contribution in [2.24, 2.45) is 0 Å². The first-order chi connectivity index (χ1) is 14.5. The van der Waals surface area contributed by atoms with Gasteiger partial charge >= 0.3 is 0 Å². The Kier molecular flexibility index (Phi) is 9.06. The van der Waals surface area contributed by atoms with Crippen LogP contribution in [0, 0.1) is 0 Å². The van der Waals surface area contributed by atoms with Gasteiger partial charge in [-0.1, -0.05) is 44.2 Å². The maximum absolute atomic E-state index is 13.2. The zero-order valence-corrected chi connectivity index (χ0v) is 19.4. The number of thioether (sulfide) groups is 1. The SMILES string of the molecule is CN(C)C1CCCN(C(=O)c2ccccc2SCC(=O)NC2CCCCCCC2)C1. The molecule has 0 radical (unpaired) electrons. The fourth-order valence-electron chi connectivity index (χ4n) is 4.51. The van der Waals surface area contributed by atoms with E-state index in [0.29, 0.717) is 17.8 Å². The predicted molar refractivity (Wildman–Crippen MR) is 124 cm³/mol. The quantitative estimate of drug-likeness (QED) is 0.687. The topological polar surface area (TPSA) is 52.7 Å². The summed E-state index contributed by atoms with van der Waals surface area (Å²) in [5.41, 5.74) is 0.723. The molecule has 1 N–H and O–H groups in total. The van der Waals surface area contributed by atoms with Crippen molar-refractivity contribution < 1.29 is 9.59 Å². The van der Waals surface area contributed by atoms with Crippen LogP contribution in [-0.4, -0.2) is 66.6 Å². The van der Waals surface area contributed by atoms with Crippen molar-refractivity contribution in [3.63, 3.8) is 0 Å². The third-order valence-corrected chi connectivity index (χ3v) is 7.43. The highest BCUT2D eigenvalue weighted by molar-refractivity contribution is 8.00. The lowest BCUT2D eigenvalue weighted by Gasteiger charge is -2.36. The van der Waals surface area contributed by atoms with E-state index in [1.807, 2.05) is 29.2 Å². The Morgan fingerprint density at radius 2 is 1.73 bits per heavy atom. The van der Waals surface area contributed by atoms with Crippen LogP contribution in [-0.2, 0) is 4.79 Å². The molecule has 1 unspecified atom stereocenters. The van der Waals surface area contributed by atoms with Gasteiger partial charge in [0.1, 0.15) is 0 Å². The van der Waals surface area contributed by atoms with Gasteiger partial charge in [0.2, 0.25) is 5.91 Å². The molecular weight excluding hydrogens is 394 g/mol. The molecule has 2 aliphatic rings. The van der Waals surface area contributed by atoms with Crippen LogP contribution >= 0.6 is 11.8 Å². The molecule has 1 heterocycles. The van der Waals surface area contributed by atoms with E-state index in [2.05, 4.69) is 24.3 Å². The highest BCUT2D eigenvalue weighted by Crippen LogP contribution is 2.26. The first-order valence-electron chi connectivity index (χ1n) is 11.5. The lowest BCUT2D eigenvalue weighted by Crippen LogP contribution is -2.47. The number of likely N-dealkylation sites (N-methyl/N-ethyl adjacent to an activating group) is 1. The molecule has 0 aromatic heterocycles. The van der Waals surface area contributed by atoms with Crippen molar-refractivity contribution in [1.82, 2.24) is 15.1 Å². The zero-order valence-electron chi connectivity index (χ0n) is 18.6. The summed E-state index contributed by atoms with van der Waals surface area (Å²) >= 11 is 1.48. The van der Waals surface area contributed by atoms with Crippen LogP contribution < -0.4 is 5.32 Å². The molecule has 3 rings (SSSR count). The number of benzene rings is 1. The molecular formula is C24H37N3O2S. The largest absolute Gasteiger partial charge is 0.353 e. The Hall–Kier alpha value is -1.53. The summed E-state index contributed by atoms with van der Waals surface area (Å²) in [5, 5.41) is 3.23. The highest BCUT2D eigenvalue weighted by Gasteiger charge is 2.27. The molecule has 0 bridgehead atoms. The van der Waals surface area contributed by atoms with Crippen molar-refractivity contribution in [3.8, 4) is 0 Å². The van der Waals surface area contributed by atoms with E-state index in [0.717, 1.165) is 49.2 Å². The van der Waals surface area contributed by atoms with Gasteiger partial charge in [0.25, 0.3) is 5.91 Å². The molecule has 1 aromatic carbocycles. The number of nitrogens with one attached hydrogen (secondary N) is 1. The molecule has 30 heavy (non-hydrogen) atoms. The summed E-state index contributed by atoms with van der Waals surface area (Å²) in [5.74, 6) is 0.532. The van der Waals surface area contributed by atoms with Crippen molar-refractivity contribution in [2.45, 2.75) is 74.8 Å². The fourth-order valence-corrected chi connectivity index (χ4v) is 5.37. The van der Waals surface area contributed by atoms with Gasteiger partial charge in [-0.3, -0.25) is 9.59 Å². The predicted octanol–water partition coefficient (Wildman–Crippen LogP) is 4.17. The van der Waals surface area contributed by atoms with Gasteiger partial charge in [-0.2, -0.15) is 0 Å². The lowest BCUT2D eigenvalue weighted by atomic mass is 9.97. The van der Waals surface area contributed by atoms with E-state index in [1.165, 1.54) is 43.9 Å². The summed E-state index contributed by atoms with van der Waals surface area (Å²) in [6, 6.07) is 8.46. The Morgan fingerprint density at radius 1 is 1.03 bits per heavy atom. The van der Waals surface area contributed by atoms with Gasteiger partial charge in [-0.15, -0.1) is 11.8 Å². The monoisotopic (exact) mass is 431 g/mol. The van der Waals surface area contributed by atoms with Crippen molar-refractivity contribution in [3.05, 3.63) is 29.8 Å². The van der Waals surface area contributed by atoms with Crippen LogP contribution in [0.4, 0.5) is 0 Å². The smallest absolute Gasteiger partial charge is 0.255 e. The molecule has 1 saturated carbocycles. The van der Waals surface area contributed by atoms with E-state index in [9.17, 15) is 9.59 Å². The number of hydrogen-bond donors (Lipinski definition) is 1. The number of rotatable bonds is 6. The van der Waals surface area contributed by atoms with Gasteiger partial charge in [-0.05, 0) is 51.9 Å². The number of likely N-dealkylation sites (tertiary alicyclic amines) is 1. The lowest BCUT2D eigenvalue weighted by molar-refractivity contribution is -0.119. The second kappa shape index (κ2) is 11.8. The van der Waals surface area contributed by atoms with Crippen molar-refractivity contribution in [2.75, 3.05) is 32.9 Å². The summed E-state index contributed by atoms with van der Waals surface area (Å²) in [6.07, 6.45) is 10.7. The van der Waals surface area contributed by atoms with Crippen LogP contribution in [0.3, 0.4) is 0 Å². The van der Waals surface area contributed by atoms with Gasteiger partial charge in [0.05, 0.1) is 11.3 Å². The number of hydrogen-bond acceptors (Lipinski definition) is 4. The van der Waals surface area contributed by atoms with Crippen LogP contribution in [0.1, 0.15) is 68.1 Å². The molecule has 1 saturated heterocycles. The van der Waals surface area contributed by atoms with Crippen molar-refractivity contribution in [1.29, 1.82) is 0 Å². The Labute approximate surface area is 186 Å². The highest BCUT2D eigenvalue weighted by atomic mass is 32.2. The average molecular weight is 432 g/mol. The van der Waals surface area contributed by atoms with Gasteiger partial charge < -0.3 is 15.1 Å². The number of amides is 2. The molecule has 1 atom stereocenters. The van der Waals surface area contributed by atoms with Crippen molar-refractivity contribution >= 4 is 23.6 Å². The van der Waals surface area contributed by atoms with E-state index < -0.39 is 0 Å². The minimum absolute atomic E-state index is 0.0819. The molecule has 1 aromatic rings. The number of carbonyl (C=O) groups is 2. The Morgan fingerprint density at radius 3 is 2.47 bits per heavy atom. The number of piperidine rings is 1. The molecule has 0 spiro atoms. The molecule has 2 amide bonds. The average Bonchev–Trinajstić information content (AvgIpc) is 2.74. The summed E-state index contributed by atoms with van der Waals surface area (Å²) in [6.45, 7) is 1.58. The zero-order chi connectivity index (χ0) is 21.3. The number of carbonyl (C=O) groups excluding carboxylic acids is 2. The van der Waals surface area contributed by atoms with Crippen LogP contribution in [0.5, 0.6) is 0 Å². The number of nitrogens with zero attached hydrogens (tertiary/aromatic N) is 2. The Bertz CT molecular complexity index is 701. The van der Waals surface area contributed by atoms with E-state index in [-0.39, 0.29) is 11.8 Å². The maximum atomic E-state index is 13.2. The second-order valence-corrected chi connectivity index (χ2v) is 9.92.